The Kier molecular flexibility index (Phi) is 3.86. The van der Waals surface area contributed by atoms with E-state index in [4.69, 9.17) is 9.47 Å². The van der Waals surface area contributed by atoms with Crippen molar-refractivity contribution in [3.63, 3.8) is 0 Å². The van der Waals surface area contributed by atoms with Crippen LogP contribution < -0.4 is 9.46 Å². The van der Waals surface area contributed by atoms with Crippen LogP contribution in [0.5, 0.6) is 5.75 Å². The Morgan fingerprint density at radius 3 is 3.12 bits per heavy atom. The number of sulfonamides is 1. The Morgan fingerprint density at radius 1 is 1.36 bits per heavy atom. The Morgan fingerprint density at radius 2 is 2.24 bits per heavy atom. The summed E-state index contributed by atoms with van der Waals surface area (Å²) in [6, 6.07) is 5.76. The summed E-state index contributed by atoms with van der Waals surface area (Å²) < 4.78 is 51.8. The first-order valence-corrected chi connectivity index (χ1v) is 8.83. The van der Waals surface area contributed by atoms with E-state index in [0.29, 0.717) is 27.9 Å². The standard InChI is InChI=1S/C15H13FN4O4S/c16-11-4-9(13-10(5-11)7-23-8-24-13)6-18-25(21,22)15-12-2-1-3-17-14(12)19-20-15/h1-5,18H,6-8H2,(H,17,19,20). The van der Waals surface area contributed by atoms with E-state index in [-0.39, 0.29) is 25.0 Å². The topological polar surface area (TPSA) is 106 Å². The second-order valence-electron chi connectivity index (χ2n) is 5.42. The predicted molar refractivity (Wildman–Crippen MR) is 84.6 cm³/mol. The highest BCUT2D eigenvalue weighted by Crippen LogP contribution is 2.29. The molecule has 0 amide bonds. The highest BCUT2D eigenvalue weighted by Gasteiger charge is 2.23. The van der Waals surface area contributed by atoms with Gasteiger partial charge in [0, 0.05) is 23.9 Å². The molecule has 0 saturated carbocycles. The summed E-state index contributed by atoms with van der Waals surface area (Å²) in [6.45, 7) is 0.105. The summed E-state index contributed by atoms with van der Waals surface area (Å²) in [5.41, 5.74) is 1.29. The summed E-state index contributed by atoms with van der Waals surface area (Å²) in [5.74, 6) is -0.0552. The average Bonchev–Trinajstić information content (AvgIpc) is 3.04. The van der Waals surface area contributed by atoms with Crippen molar-refractivity contribution in [2.45, 2.75) is 18.2 Å². The molecule has 0 atom stereocenters. The lowest BCUT2D eigenvalue weighted by Gasteiger charge is -2.20. The number of halogens is 1. The average molecular weight is 364 g/mol. The van der Waals surface area contributed by atoms with Gasteiger partial charge in [0.2, 0.25) is 5.03 Å². The van der Waals surface area contributed by atoms with E-state index in [2.05, 4.69) is 19.9 Å². The third kappa shape index (κ3) is 2.95. The molecule has 0 bridgehead atoms. The number of ether oxygens (including phenoxy) is 2. The van der Waals surface area contributed by atoms with E-state index in [9.17, 15) is 12.8 Å². The molecule has 2 aromatic heterocycles. The predicted octanol–water partition coefficient (Wildman–Crippen LogP) is 1.44. The van der Waals surface area contributed by atoms with Crippen LogP contribution in [0.25, 0.3) is 11.0 Å². The molecule has 3 aromatic rings. The minimum Gasteiger partial charge on any atom is -0.467 e. The number of hydrogen-bond acceptors (Lipinski definition) is 6. The summed E-state index contributed by atoms with van der Waals surface area (Å²) in [7, 11) is -3.92. The van der Waals surface area contributed by atoms with Crippen LogP contribution in [0, 0.1) is 5.82 Å². The van der Waals surface area contributed by atoms with Crippen LogP contribution in [0.3, 0.4) is 0 Å². The van der Waals surface area contributed by atoms with Gasteiger partial charge < -0.3 is 9.47 Å². The van der Waals surface area contributed by atoms with Crippen molar-refractivity contribution in [2.24, 2.45) is 0 Å². The van der Waals surface area contributed by atoms with E-state index in [1.165, 1.54) is 18.3 Å². The lowest BCUT2D eigenvalue weighted by Crippen LogP contribution is -2.25. The zero-order chi connectivity index (χ0) is 17.4. The van der Waals surface area contributed by atoms with Gasteiger partial charge in [-0.1, -0.05) is 0 Å². The van der Waals surface area contributed by atoms with Crippen LogP contribution in [0.2, 0.25) is 0 Å². The highest BCUT2D eigenvalue weighted by molar-refractivity contribution is 7.89. The fourth-order valence-corrected chi connectivity index (χ4v) is 3.77. The number of hydrogen-bond donors (Lipinski definition) is 2. The maximum Gasteiger partial charge on any atom is 0.260 e. The van der Waals surface area contributed by atoms with Gasteiger partial charge in [0.05, 0.1) is 12.0 Å². The first kappa shape index (κ1) is 15.9. The lowest BCUT2D eigenvalue weighted by atomic mass is 10.1. The van der Waals surface area contributed by atoms with Gasteiger partial charge in [0.25, 0.3) is 10.0 Å². The molecule has 0 fully saturated rings. The largest absolute Gasteiger partial charge is 0.467 e. The minimum absolute atomic E-state index is 0.0358. The van der Waals surface area contributed by atoms with Gasteiger partial charge in [-0.05, 0) is 24.3 Å². The number of H-pyrrole nitrogens is 1. The van der Waals surface area contributed by atoms with Crippen molar-refractivity contribution in [3.8, 4) is 5.75 Å². The van der Waals surface area contributed by atoms with E-state index in [1.54, 1.807) is 12.1 Å². The highest BCUT2D eigenvalue weighted by atomic mass is 32.2. The number of aromatic nitrogens is 3. The summed E-state index contributed by atoms with van der Waals surface area (Å²) in [5, 5.41) is 6.60. The molecular formula is C15H13FN4O4S. The Balaban J connectivity index is 1.64. The van der Waals surface area contributed by atoms with E-state index in [0.717, 1.165) is 0 Å². The maximum absolute atomic E-state index is 13.7. The molecule has 10 heteroatoms. The van der Waals surface area contributed by atoms with Crippen LogP contribution in [-0.4, -0.2) is 30.4 Å². The number of aromatic amines is 1. The van der Waals surface area contributed by atoms with Gasteiger partial charge in [-0.25, -0.2) is 22.5 Å². The maximum atomic E-state index is 13.7. The van der Waals surface area contributed by atoms with Gasteiger partial charge in [0.1, 0.15) is 11.6 Å². The minimum atomic E-state index is -3.92. The van der Waals surface area contributed by atoms with Crippen molar-refractivity contribution in [2.75, 3.05) is 6.79 Å². The number of nitrogens with zero attached hydrogens (tertiary/aromatic N) is 2. The van der Waals surface area contributed by atoms with Gasteiger partial charge in [-0.2, -0.15) is 5.10 Å². The van der Waals surface area contributed by atoms with Crippen LogP contribution in [0.15, 0.2) is 35.5 Å². The van der Waals surface area contributed by atoms with Crippen molar-refractivity contribution in [3.05, 3.63) is 47.4 Å². The zero-order valence-corrected chi connectivity index (χ0v) is 13.6. The number of fused-ring (bicyclic) bond motifs is 2. The first-order valence-electron chi connectivity index (χ1n) is 7.35. The van der Waals surface area contributed by atoms with Crippen molar-refractivity contribution >= 4 is 21.1 Å². The molecule has 3 heterocycles. The number of rotatable bonds is 4. The van der Waals surface area contributed by atoms with Gasteiger partial charge >= 0.3 is 0 Å². The molecule has 8 nitrogen and oxygen atoms in total. The zero-order valence-electron chi connectivity index (χ0n) is 12.8. The van der Waals surface area contributed by atoms with E-state index >= 15 is 0 Å². The Labute approximate surface area is 142 Å². The molecule has 1 aliphatic heterocycles. The summed E-state index contributed by atoms with van der Waals surface area (Å²) >= 11 is 0. The van der Waals surface area contributed by atoms with Crippen LogP contribution in [-0.2, 0) is 27.9 Å². The van der Waals surface area contributed by atoms with E-state index in [1.807, 2.05) is 0 Å². The molecular weight excluding hydrogens is 351 g/mol. The summed E-state index contributed by atoms with van der Waals surface area (Å²) in [4.78, 5) is 4.01. The van der Waals surface area contributed by atoms with Crippen LogP contribution in [0.1, 0.15) is 11.1 Å². The normalized spacial score (nSPS) is 14.3. The molecule has 25 heavy (non-hydrogen) atoms. The lowest BCUT2D eigenvalue weighted by molar-refractivity contribution is -0.0172. The van der Waals surface area contributed by atoms with Crippen molar-refractivity contribution in [1.29, 1.82) is 0 Å². The monoisotopic (exact) mass is 364 g/mol. The first-order chi connectivity index (χ1) is 12.0. The molecule has 130 valence electrons. The van der Waals surface area contributed by atoms with Gasteiger partial charge in [-0.3, -0.25) is 5.10 Å². The second kappa shape index (κ2) is 6.06. The van der Waals surface area contributed by atoms with Crippen molar-refractivity contribution < 1.29 is 22.3 Å². The number of pyridine rings is 1. The van der Waals surface area contributed by atoms with E-state index < -0.39 is 15.8 Å². The molecule has 1 aliphatic rings. The fraction of sp³-hybridized carbons (Fsp3) is 0.200. The third-order valence-corrected chi connectivity index (χ3v) is 5.11. The van der Waals surface area contributed by atoms with Crippen LogP contribution in [0.4, 0.5) is 4.39 Å². The number of nitrogens with one attached hydrogen (secondary N) is 2. The summed E-state index contributed by atoms with van der Waals surface area (Å²) in [6.07, 6.45) is 1.53. The molecule has 0 saturated heterocycles. The molecule has 0 spiro atoms. The van der Waals surface area contributed by atoms with Gasteiger partial charge in [-0.15, -0.1) is 0 Å². The molecule has 0 radical (unpaired) electrons. The smallest absolute Gasteiger partial charge is 0.260 e. The fourth-order valence-electron chi connectivity index (χ4n) is 2.66. The molecule has 4 rings (SSSR count). The molecule has 2 N–H and O–H groups in total. The van der Waals surface area contributed by atoms with Crippen LogP contribution >= 0.6 is 0 Å². The SMILES string of the molecule is O=S(=O)(NCc1cc(F)cc2c1OCOC2)c1n[nH]c2ncccc12. The second-order valence-corrected chi connectivity index (χ2v) is 7.10. The third-order valence-electron chi connectivity index (χ3n) is 3.76. The van der Waals surface area contributed by atoms with Gasteiger partial charge in [0.15, 0.2) is 12.4 Å². The Bertz CT molecular complexity index is 1050. The molecule has 0 unspecified atom stereocenters. The molecule has 0 aliphatic carbocycles. The van der Waals surface area contributed by atoms with Crippen molar-refractivity contribution in [1.82, 2.24) is 19.9 Å². The number of benzene rings is 1. The quantitative estimate of drug-likeness (QED) is 0.726. The Hall–Kier alpha value is -2.56. The molecule has 1 aromatic carbocycles.